The summed E-state index contributed by atoms with van der Waals surface area (Å²) in [5, 5.41) is 3.95. The molecular formula is C22H23ClN2O3S. The number of carbonyl (C=O) groups is 1. The number of methoxy groups -OCH3 is 1. The number of carbonyl (C=O) groups excluding carboxylic acids is 1. The predicted octanol–water partition coefficient (Wildman–Crippen LogP) is 5.73. The SMILES string of the molecule is CCCCOc1ccc(/C=C2\SC(=Nc3ccc(C)c(Cl)c3)NC2=O)cc1OC. The first-order valence-corrected chi connectivity index (χ1v) is 10.6. The Labute approximate surface area is 180 Å². The number of benzene rings is 2. The van der Waals surface area contributed by atoms with E-state index in [0.29, 0.717) is 38.9 Å². The Morgan fingerprint density at radius 3 is 2.76 bits per heavy atom. The second-order valence-corrected chi connectivity index (χ2v) is 7.97. The van der Waals surface area contributed by atoms with E-state index in [1.54, 1.807) is 13.2 Å². The molecule has 0 atom stereocenters. The molecule has 0 unspecified atom stereocenters. The summed E-state index contributed by atoms with van der Waals surface area (Å²) in [5.74, 6) is 1.15. The molecule has 1 heterocycles. The van der Waals surface area contributed by atoms with Gasteiger partial charge in [0.2, 0.25) is 0 Å². The first-order chi connectivity index (χ1) is 14.0. The minimum atomic E-state index is -0.186. The lowest BCUT2D eigenvalue weighted by Crippen LogP contribution is -2.19. The lowest BCUT2D eigenvalue weighted by molar-refractivity contribution is -0.115. The number of halogens is 1. The van der Waals surface area contributed by atoms with Crippen LogP contribution in [0.25, 0.3) is 6.08 Å². The Hall–Kier alpha value is -2.44. The first-order valence-electron chi connectivity index (χ1n) is 9.36. The van der Waals surface area contributed by atoms with Gasteiger partial charge in [0.05, 0.1) is 24.3 Å². The third kappa shape index (κ3) is 5.55. The van der Waals surface area contributed by atoms with E-state index < -0.39 is 0 Å². The third-order valence-corrected chi connectivity index (χ3v) is 5.59. The zero-order valence-corrected chi connectivity index (χ0v) is 18.2. The second-order valence-electron chi connectivity index (χ2n) is 6.53. The summed E-state index contributed by atoms with van der Waals surface area (Å²) in [6.07, 6.45) is 3.86. The molecule has 0 spiro atoms. The zero-order chi connectivity index (χ0) is 20.8. The van der Waals surface area contributed by atoms with Crippen molar-refractivity contribution < 1.29 is 14.3 Å². The first kappa shape index (κ1) is 21.3. The fraction of sp³-hybridized carbons (Fsp3) is 0.273. The molecule has 1 N–H and O–H groups in total. The normalized spacial score (nSPS) is 16.3. The number of amides is 1. The molecule has 0 radical (unpaired) electrons. The third-order valence-electron chi connectivity index (χ3n) is 4.28. The highest BCUT2D eigenvalue weighted by Gasteiger charge is 2.24. The van der Waals surface area contributed by atoms with Gasteiger partial charge in [-0.05, 0) is 66.6 Å². The lowest BCUT2D eigenvalue weighted by Gasteiger charge is -2.11. The van der Waals surface area contributed by atoms with Crippen molar-refractivity contribution in [2.24, 2.45) is 4.99 Å². The summed E-state index contributed by atoms with van der Waals surface area (Å²) in [7, 11) is 1.60. The molecule has 1 saturated heterocycles. The molecule has 1 amide bonds. The van der Waals surface area contributed by atoms with E-state index in [1.165, 1.54) is 11.8 Å². The van der Waals surface area contributed by atoms with Crippen LogP contribution in [0.5, 0.6) is 11.5 Å². The van der Waals surface area contributed by atoms with Crippen LogP contribution in [0.3, 0.4) is 0 Å². The van der Waals surface area contributed by atoms with Crippen LogP contribution < -0.4 is 14.8 Å². The summed E-state index contributed by atoms with van der Waals surface area (Å²) >= 11 is 7.44. The van der Waals surface area contributed by atoms with E-state index in [1.807, 2.05) is 43.3 Å². The van der Waals surface area contributed by atoms with Gasteiger partial charge in [-0.3, -0.25) is 4.79 Å². The van der Waals surface area contributed by atoms with E-state index in [2.05, 4.69) is 17.2 Å². The minimum absolute atomic E-state index is 0.186. The Morgan fingerprint density at radius 1 is 1.21 bits per heavy atom. The molecule has 7 heteroatoms. The number of aryl methyl sites for hydroxylation is 1. The van der Waals surface area contributed by atoms with Crippen molar-refractivity contribution in [1.82, 2.24) is 5.32 Å². The summed E-state index contributed by atoms with van der Waals surface area (Å²) in [6.45, 7) is 4.69. The van der Waals surface area contributed by atoms with Crippen LogP contribution in [0.1, 0.15) is 30.9 Å². The van der Waals surface area contributed by atoms with Crippen molar-refractivity contribution >= 4 is 46.2 Å². The van der Waals surface area contributed by atoms with E-state index >= 15 is 0 Å². The predicted molar refractivity (Wildman–Crippen MR) is 120 cm³/mol. The number of hydrogen-bond donors (Lipinski definition) is 1. The number of thioether (sulfide) groups is 1. The van der Waals surface area contributed by atoms with Crippen molar-refractivity contribution in [3.8, 4) is 11.5 Å². The van der Waals surface area contributed by atoms with Gasteiger partial charge < -0.3 is 14.8 Å². The molecule has 1 fully saturated rings. The highest BCUT2D eigenvalue weighted by Crippen LogP contribution is 2.32. The minimum Gasteiger partial charge on any atom is -0.493 e. The van der Waals surface area contributed by atoms with Crippen molar-refractivity contribution in [1.29, 1.82) is 0 Å². The summed E-state index contributed by atoms with van der Waals surface area (Å²) < 4.78 is 11.2. The largest absolute Gasteiger partial charge is 0.493 e. The summed E-state index contributed by atoms with van der Waals surface area (Å²) in [5.41, 5.74) is 2.53. The number of amidine groups is 1. The number of aliphatic imine (C=N–C) groups is 1. The van der Waals surface area contributed by atoms with Crippen LogP contribution in [0.4, 0.5) is 5.69 Å². The number of rotatable bonds is 7. The van der Waals surface area contributed by atoms with Gasteiger partial charge in [0.1, 0.15) is 0 Å². The highest BCUT2D eigenvalue weighted by molar-refractivity contribution is 8.18. The maximum Gasteiger partial charge on any atom is 0.264 e. The van der Waals surface area contributed by atoms with Crippen molar-refractivity contribution in [3.63, 3.8) is 0 Å². The van der Waals surface area contributed by atoms with Crippen LogP contribution in [-0.2, 0) is 4.79 Å². The zero-order valence-electron chi connectivity index (χ0n) is 16.6. The number of unbranched alkanes of at least 4 members (excludes halogenated alkanes) is 1. The smallest absolute Gasteiger partial charge is 0.264 e. The molecule has 2 aromatic rings. The van der Waals surface area contributed by atoms with E-state index in [0.717, 1.165) is 24.0 Å². The molecule has 1 aliphatic rings. The van der Waals surface area contributed by atoms with Crippen molar-refractivity contribution in [2.45, 2.75) is 26.7 Å². The van der Waals surface area contributed by atoms with Crippen LogP contribution in [0, 0.1) is 6.92 Å². The maximum absolute atomic E-state index is 12.3. The molecule has 0 bridgehead atoms. The van der Waals surface area contributed by atoms with Gasteiger partial charge in [0.15, 0.2) is 16.7 Å². The molecule has 152 valence electrons. The number of nitrogens with one attached hydrogen (secondary N) is 1. The molecule has 0 aromatic heterocycles. The van der Waals surface area contributed by atoms with Crippen molar-refractivity contribution in [3.05, 3.63) is 57.5 Å². The van der Waals surface area contributed by atoms with Gasteiger partial charge in [0, 0.05) is 5.02 Å². The van der Waals surface area contributed by atoms with Crippen LogP contribution in [0.2, 0.25) is 5.02 Å². The van der Waals surface area contributed by atoms with Crippen LogP contribution in [-0.4, -0.2) is 24.8 Å². The molecule has 0 aliphatic carbocycles. The molecular weight excluding hydrogens is 408 g/mol. The molecule has 3 rings (SSSR count). The number of ether oxygens (including phenoxy) is 2. The van der Waals surface area contributed by atoms with Gasteiger partial charge in [-0.1, -0.05) is 37.1 Å². The Balaban J connectivity index is 1.77. The van der Waals surface area contributed by atoms with Crippen molar-refractivity contribution in [2.75, 3.05) is 13.7 Å². The Bertz CT molecular complexity index is 973. The van der Waals surface area contributed by atoms with E-state index in [4.69, 9.17) is 21.1 Å². The number of hydrogen-bond acceptors (Lipinski definition) is 5. The molecule has 1 aliphatic heterocycles. The van der Waals surface area contributed by atoms with Gasteiger partial charge >= 0.3 is 0 Å². The molecule has 5 nitrogen and oxygen atoms in total. The molecule has 0 saturated carbocycles. The van der Waals surface area contributed by atoms with Gasteiger partial charge in [-0.15, -0.1) is 0 Å². The topological polar surface area (TPSA) is 59.9 Å². The summed E-state index contributed by atoms with van der Waals surface area (Å²) in [4.78, 5) is 17.4. The fourth-order valence-electron chi connectivity index (χ4n) is 2.62. The molecule has 29 heavy (non-hydrogen) atoms. The van der Waals surface area contributed by atoms with E-state index in [9.17, 15) is 4.79 Å². The monoisotopic (exact) mass is 430 g/mol. The average Bonchev–Trinajstić information content (AvgIpc) is 3.04. The van der Waals surface area contributed by atoms with Gasteiger partial charge in [-0.2, -0.15) is 0 Å². The van der Waals surface area contributed by atoms with E-state index in [-0.39, 0.29) is 5.91 Å². The van der Waals surface area contributed by atoms with Gasteiger partial charge in [0.25, 0.3) is 5.91 Å². The fourth-order valence-corrected chi connectivity index (χ4v) is 3.64. The Morgan fingerprint density at radius 2 is 2.03 bits per heavy atom. The van der Waals surface area contributed by atoms with Crippen LogP contribution in [0.15, 0.2) is 46.3 Å². The Kier molecular flexibility index (Phi) is 7.23. The maximum atomic E-state index is 12.3. The summed E-state index contributed by atoms with van der Waals surface area (Å²) in [6, 6.07) is 11.2. The van der Waals surface area contributed by atoms with Gasteiger partial charge in [-0.25, -0.2) is 4.99 Å². The average molecular weight is 431 g/mol. The standard InChI is InChI=1S/C22H23ClN2O3S/c1-4-5-10-28-18-9-7-15(11-19(18)27-3)12-20-21(26)25-22(29-20)24-16-8-6-14(2)17(23)13-16/h6-9,11-13H,4-5,10H2,1-3H3,(H,24,25,26)/b20-12-. The quantitative estimate of drug-likeness (QED) is 0.450. The second kappa shape index (κ2) is 9.85. The highest BCUT2D eigenvalue weighted by atomic mass is 35.5. The lowest BCUT2D eigenvalue weighted by atomic mass is 10.2. The molecule has 2 aromatic carbocycles. The number of nitrogens with zero attached hydrogens (tertiary/aromatic N) is 1. The van der Waals surface area contributed by atoms with Crippen LogP contribution >= 0.6 is 23.4 Å².